The van der Waals surface area contributed by atoms with Crippen LogP contribution in [0, 0.1) is 0 Å². The smallest absolute Gasteiger partial charge is 0.246 e. The van der Waals surface area contributed by atoms with Crippen LogP contribution in [0.1, 0.15) is 12.8 Å². The molecule has 1 saturated heterocycles. The molecule has 0 radical (unpaired) electrons. The van der Waals surface area contributed by atoms with Crippen molar-refractivity contribution in [3.05, 3.63) is 0 Å². The SMILES string of the molecule is O=C(CBr)N1C(=O)CCC1=O. The molecule has 0 atom stereocenters. The van der Waals surface area contributed by atoms with Crippen molar-refractivity contribution >= 4 is 33.7 Å². The van der Waals surface area contributed by atoms with E-state index in [1.54, 1.807) is 0 Å². The van der Waals surface area contributed by atoms with Crippen molar-refractivity contribution in [2.24, 2.45) is 0 Å². The molecule has 0 saturated carbocycles. The predicted molar refractivity (Wildman–Crippen MR) is 39.9 cm³/mol. The third-order valence-electron chi connectivity index (χ3n) is 1.42. The summed E-state index contributed by atoms with van der Waals surface area (Å²) in [5, 5.41) is 0.0183. The Labute approximate surface area is 71.7 Å². The van der Waals surface area contributed by atoms with E-state index < -0.39 is 5.91 Å². The summed E-state index contributed by atoms with van der Waals surface area (Å²) in [7, 11) is 0. The highest BCUT2D eigenvalue weighted by Gasteiger charge is 2.33. The van der Waals surface area contributed by atoms with Gasteiger partial charge in [-0.25, -0.2) is 4.90 Å². The molecule has 0 N–H and O–H groups in total. The van der Waals surface area contributed by atoms with Crippen LogP contribution in [0.25, 0.3) is 0 Å². The molecule has 0 spiro atoms. The molecule has 1 aliphatic heterocycles. The fraction of sp³-hybridized carbons (Fsp3) is 0.500. The van der Waals surface area contributed by atoms with Gasteiger partial charge in [-0.1, -0.05) is 15.9 Å². The highest BCUT2D eigenvalue weighted by Crippen LogP contribution is 2.12. The van der Waals surface area contributed by atoms with E-state index in [4.69, 9.17) is 0 Å². The van der Waals surface area contributed by atoms with Gasteiger partial charge in [0, 0.05) is 12.8 Å². The van der Waals surface area contributed by atoms with Crippen molar-refractivity contribution in [3.63, 3.8) is 0 Å². The first-order valence-electron chi connectivity index (χ1n) is 3.11. The summed E-state index contributed by atoms with van der Waals surface area (Å²) < 4.78 is 0. The molecule has 0 aromatic rings. The second-order valence-electron chi connectivity index (χ2n) is 2.15. The lowest BCUT2D eigenvalue weighted by Gasteiger charge is -2.08. The predicted octanol–water partition coefficient (Wildman–Crippen LogP) is 0.0569. The van der Waals surface area contributed by atoms with Gasteiger partial charge in [-0.3, -0.25) is 14.4 Å². The maximum Gasteiger partial charge on any atom is 0.246 e. The molecule has 1 fully saturated rings. The number of nitrogens with zero attached hydrogens (tertiary/aromatic N) is 1. The topological polar surface area (TPSA) is 54.5 Å². The third-order valence-corrected chi connectivity index (χ3v) is 1.89. The van der Waals surface area contributed by atoms with Crippen molar-refractivity contribution in [2.75, 3.05) is 5.33 Å². The summed E-state index contributed by atoms with van der Waals surface area (Å²) in [4.78, 5) is 33.3. The summed E-state index contributed by atoms with van der Waals surface area (Å²) in [6.07, 6.45) is 0.329. The molecule has 0 bridgehead atoms. The van der Waals surface area contributed by atoms with Crippen LogP contribution in [-0.2, 0) is 14.4 Å². The molecule has 0 unspecified atom stereocenters. The number of carbonyl (C=O) groups is 3. The number of carbonyl (C=O) groups excluding carboxylic acids is 3. The van der Waals surface area contributed by atoms with Crippen molar-refractivity contribution in [3.8, 4) is 0 Å². The molecule has 5 heteroatoms. The third kappa shape index (κ3) is 1.48. The Morgan fingerprint density at radius 1 is 1.36 bits per heavy atom. The van der Waals surface area contributed by atoms with E-state index in [0.717, 1.165) is 0 Å². The van der Waals surface area contributed by atoms with Crippen molar-refractivity contribution in [1.82, 2.24) is 4.90 Å². The van der Waals surface area contributed by atoms with E-state index in [-0.39, 0.29) is 30.0 Å². The van der Waals surface area contributed by atoms with Crippen LogP contribution in [0.2, 0.25) is 0 Å². The van der Waals surface area contributed by atoms with Crippen LogP contribution >= 0.6 is 15.9 Å². The van der Waals surface area contributed by atoms with Gasteiger partial charge in [0.1, 0.15) is 0 Å². The first-order valence-corrected chi connectivity index (χ1v) is 4.23. The zero-order valence-electron chi connectivity index (χ0n) is 5.67. The normalized spacial score (nSPS) is 17.7. The molecule has 0 aromatic heterocycles. The zero-order chi connectivity index (χ0) is 8.43. The van der Waals surface area contributed by atoms with Gasteiger partial charge in [0.25, 0.3) is 0 Å². The van der Waals surface area contributed by atoms with Gasteiger partial charge in [-0.2, -0.15) is 0 Å². The highest BCUT2D eigenvalue weighted by atomic mass is 79.9. The maximum atomic E-state index is 10.9. The summed E-state index contributed by atoms with van der Waals surface area (Å²) in [5.41, 5.74) is 0. The number of imide groups is 3. The number of hydrogen-bond acceptors (Lipinski definition) is 3. The van der Waals surface area contributed by atoms with Gasteiger partial charge < -0.3 is 0 Å². The standard InChI is InChI=1S/C6H6BrNO3/c7-3-6(11)8-4(9)1-2-5(8)10/h1-3H2. The Kier molecular flexibility index (Phi) is 2.38. The quantitative estimate of drug-likeness (QED) is 0.463. The fourth-order valence-electron chi connectivity index (χ4n) is 0.914. The summed E-state index contributed by atoms with van der Waals surface area (Å²) >= 11 is 2.88. The van der Waals surface area contributed by atoms with Gasteiger partial charge in [0.2, 0.25) is 17.7 Å². The average Bonchev–Trinajstić information content (AvgIpc) is 2.30. The van der Waals surface area contributed by atoms with Gasteiger partial charge in [-0.05, 0) is 0 Å². The van der Waals surface area contributed by atoms with E-state index in [0.29, 0.717) is 4.90 Å². The molecule has 1 heterocycles. The minimum absolute atomic E-state index is 0.0183. The Balaban J connectivity index is 2.76. The van der Waals surface area contributed by atoms with E-state index in [9.17, 15) is 14.4 Å². The number of halogens is 1. The Bertz CT molecular complexity index is 210. The van der Waals surface area contributed by atoms with E-state index >= 15 is 0 Å². The monoisotopic (exact) mass is 219 g/mol. The van der Waals surface area contributed by atoms with Gasteiger partial charge in [0.05, 0.1) is 5.33 Å². The van der Waals surface area contributed by atoms with Crippen LogP contribution < -0.4 is 0 Å². The lowest BCUT2D eigenvalue weighted by Crippen LogP contribution is -2.36. The molecule has 60 valence electrons. The molecule has 1 aliphatic rings. The average molecular weight is 220 g/mol. The minimum Gasteiger partial charge on any atom is -0.274 e. The fourth-order valence-corrected chi connectivity index (χ4v) is 1.17. The maximum absolute atomic E-state index is 10.9. The molecule has 3 amide bonds. The highest BCUT2D eigenvalue weighted by molar-refractivity contribution is 9.09. The molecule has 1 rings (SSSR count). The lowest BCUT2D eigenvalue weighted by molar-refractivity contribution is -0.147. The summed E-state index contributed by atoms with van der Waals surface area (Å²) in [6.45, 7) is 0. The number of rotatable bonds is 1. The van der Waals surface area contributed by atoms with E-state index in [2.05, 4.69) is 15.9 Å². The Hall–Kier alpha value is -0.710. The summed E-state index contributed by atoms with van der Waals surface area (Å²) in [6, 6.07) is 0. The Morgan fingerprint density at radius 2 is 1.82 bits per heavy atom. The number of amides is 3. The molecule has 0 aromatic carbocycles. The first-order chi connectivity index (χ1) is 5.16. The number of hydrogen-bond donors (Lipinski definition) is 0. The van der Waals surface area contributed by atoms with E-state index in [1.807, 2.05) is 0 Å². The van der Waals surface area contributed by atoms with Crippen molar-refractivity contribution < 1.29 is 14.4 Å². The van der Waals surface area contributed by atoms with Gasteiger partial charge in [-0.15, -0.1) is 0 Å². The molecule has 0 aliphatic carbocycles. The van der Waals surface area contributed by atoms with Crippen molar-refractivity contribution in [2.45, 2.75) is 12.8 Å². The van der Waals surface area contributed by atoms with Crippen molar-refractivity contribution in [1.29, 1.82) is 0 Å². The van der Waals surface area contributed by atoms with Crippen LogP contribution in [-0.4, -0.2) is 28.0 Å². The molecule has 11 heavy (non-hydrogen) atoms. The van der Waals surface area contributed by atoms with Gasteiger partial charge >= 0.3 is 0 Å². The molecule has 4 nitrogen and oxygen atoms in total. The summed E-state index contributed by atoms with van der Waals surface area (Å²) in [5.74, 6) is -1.25. The van der Waals surface area contributed by atoms with Crippen LogP contribution in [0.5, 0.6) is 0 Å². The van der Waals surface area contributed by atoms with E-state index in [1.165, 1.54) is 0 Å². The number of likely N-dealkylation sites (tertiary alicyclic amines) is 1. The molecular formula is C6H6BrNO3. The minimum atomic E-state index is -0.475. The van der Waals surface area contributed by atoms with Gasteiger partial charge in [0.15, 0.2) is 0 Å². The van der Waals surface area contributed by atoms with Crippen LogP contribution in [0.4, 0.5) is 0 Å². The second-order valence-corrected chi connectivity index (χ2v) is 2.71. The molecular weight excluding hydrogens is 214 g/mol. The zero-order valence-corrected chi connectivity index (χ0v) is 7.26. The second kappa shape index (κ2) is 3.13. The van der Waals surface area contributed by atoms with Crippen LogP contribution in [0.15, 0.2) is 0 Å². The largest absolute Gasteiger partial charge is 0.274 e. The Morgan fingerprint density at radius 3 is 2.18 bits per heavy atom. The van der Waals surface area contributed by atoms with Crippen LogP contribution in [0.3, 0.4) is 0 Å². The lowest BCUT2D eigenvalue weighted by atomic mass is 10.4. The number of alkyl halides is 1. The first kappa shape index (κ1) is 8.39.